The molecule has 0 aliphatic heterocycles. The van der Waals surface area contributed by atoms with Gasteiger partial charge in [-0.1, -0.05) is 24.3 Å². The molecule has 2 heterocycles. The summed E-state index contributed by atoms with van der Waals surface area (Å²) in [5.74, 6) is 1.42. The summed E-state index contributed by atoms with van der Waals surface area (Å²) in [7, 11) is 0. The van der Waals surface area contributed by atoms with Crippen LogP contribution in [0.5, 0.6) is 0 Å². The summed E-state index contributed by atoms with van der Waals surface area (Å²) < 4.78 is 0. The van der Waals surface area contributed by atoms with Gasteiger partial charge in [0.25, 0.3) is 0 Å². The number of pyridine rings is 1. The average Bonchev–Trinajstić information content (AvgIpc) is 2.51. The molecule has 0 aliphatic carbocycles. The largest absolute Gasteiger partial charge is 0.340 e. The topological polar surface area (TPSA) is 50.7 Å². The summed E-state index contributed by atoms with van der Waals surface area (Å²) in [5, 5.41) is 3.41. The van der Waals surface area contributed by atoms with Crippen LogP contribution in [0.3, 0.4) is 0 Å². The number of anilines is 2. The summed E-state index contributed by atoms with van der Waals surface area (Å²) in [6, 6.07) is 13.9. The minimum atomic E-state index is 0.634. The number of nitrogens with one attached hydrogen (secondary N) is 1. The Labute approximate surface area is 130 Å². The number of hydrogen-bond acceptors (Lipinski definition) is 4. The second-order valence-corrected chi connectivity index (χ2v) is 5.32. The van der Waals surface area contributed by atoms with Crippen LogP contribution in [-0.4, -0.2) is 15.0 Å². The first-order valence-electron chi connectivity index (χ1n) is 7.24. The van der Waals surface area contributed by atoms with Crippen LogP contribution >= 0.6 is 0 Å². The molecule has 2 aromatic heterocycles. The van der Waals surface area contributed by atoms with Crippen LogP contribution in [0.4, 0.5) is 11.5 Å². The number of nitrogens with zero attached hydrogens (tertiary/aromatic N) is 3. The Bertz CT molecular complexity index is 777. The lowest BCUT2D eigenvalue weighted by molar-refractivity contribution is 1.09. The van der Waals surface area contributed by atoms with Gasteiger partial charge in [0, 0.05) is 23.6 Å². The average molecular weight is 290 g/mol. The predicted molar refractivity (Wildman–Crippen MR) is 89.2 cm³/mol. The van der Waals surface area contributed by atoms with Gasteiger partial charge in [-0.15, -0.1) is 0 Å². The third-order valence-electron chi connectivity index (χ3n) is 3.48. The van der Waals surface area contributed by atoms with Crippen molar-refractivity contribution in [2.24, 2.45) is 0 Å². The molecule has 0 fully saturated rings. The van der Waals surface area contributed by atoms with Crippen molar-refractivity contribution in [3.63, 3.8) is 0 Å². The molecule has 0 unspecified atom stereocenters. The van der Waals surface area contributed by atoms with Crippen molar-refractivity contribution in [1.29, 1.82) is 0 Å². The maximum atomic E-state index is 4.60. The lowest BCUT2D eigenvalue weighted by Gasteiger charge is -2.13. The van der Waals surface area contributed by atoms with Crippen molar-refractivity contribution in [3.05, 3.63) is 65.5 Å². The normalized spacial score (nSPS) is 10.5. The van der Waals surface area contributed by atoms with Crippen LogP contribution in [0.25, 0.3) is 11.5 Å². The first-order chi connectivity index (χ1) is 10.6. The van der Waals surface area contributed by atoms with E-state index in [0.717, 1.165) is 22.9 Å². The van der Waals surface area contributed by atoms with Gasteiger partial charge >= 0.3 is 0 Å². The van der Waals surface area contributed by atoms with Crippen LogP contribution in [0.2, 0.25) is 0 Å². The third-order valence-corrected chi connectivity index (χ3v) is 3.48. The van der Waals surface area contributed by atoms with Crippen LogP contribution in [0.1, 0.15) is 16.8 Å². The van der Waals surface area contributed by atoms with Gasteiger partial charge in [0.1, 0.15) is 11.5 Å². The van der Waals surface area contributed by atoms with E-state index >= 15 is 0 Å². The van der Waals surface area contributed by atoms with E-state index in [4.69, 9.17) is 0 Å². The maximum Gasteiger partial charge on any atom is 0.180 e. The molecule has 1 aromatic carbocycles. The Morgan fingerprint density at radius 3 is 2.32 bits per heavy atom. The maximum absolute atomic E-state index is 4.60. The van der Waals surface area contributed by atoms with Crippen molar-refractivity contribution in [1.82, 2.24) is 15.0 Å². The van der Waals surface area contributed by atoms with Gasteiger partial charge in [-0.2, -0.15) is 0 Å². The molecule has 4 heteroatoms. The molecule has 3 aromatic rings. The van der Waals surface area contributed by atoms with Gasteiger partial charge in [-0.25, -0.2) is 9.97 Å². The molecule has 1 N–H and O–H groups in total. The SMILES string of the molecule is Cc1cc(Nc2c(C)cccc2C)nc(-c2ccccn2)n1. The lowest BCUT2D eigenvalue weighted by atomic mass is 10.1. The molecule has 0 radical (unpaired) electrons. The van der Waals surface area contributed by atoms with Crippen molar-refractivity contribution in [2.75, 3.05) is 5.32 Å². The standard InChI is InChI=1S/C18H18N4/c1-12-7-6-8-13(2)17(12)21-16-11-14(3)20-18(22-16)15-9-4-5-10-19-15/h4-11H,1-3H3,(H,20,21,22). The zero-order valence-corrected chi connectivity index (χ0v) is 13.0. The fraction of sp³-hybridized carbons (Fsp3) is 0.167. The van der Waals surface area contributed by atoms with E-state index < -0.39 is 0 Å². The molecule has 0 amide bonds. The second kappa shape index (κ2) is 5.93. The quantitative estimate of drug-likeness (QED) is 0.785. The fourth-order valence-corrected chi connectivity index (χ4v) is 2.38. The Hall–Kier alpha value is -2.75. The monoisotopic (exact) mass is 290 g/mol. The van der Waals surface area contributed by atoms with E-state index in [0.29, 0.717) is 5.82 Å². The number of aryl methyl sites for hydroxylation is 3. The van der Waals surface area contributed by atoms with E-state index in [9.17, 15) is 0 Å². The summed E-state index contributed by atoms with van der Waals surface area (Å²) in [6.07, 6.45) is 1.75. The van der Waals surface area contributed by atoms with E-state index in [1.807, 2.05) is 31.2 Å². The molecule has 0 spiro atoms. The Kier molecular flexibility index (Phi) is 3.83. The number of rotatable bonds is 3. The first-order valence-corrected chi connectivity index (χ1v) is 7.24. The third kappa shape index (κ3) is 2.96. The van der Waals surface area contributed by atoms with Crippen LogP contribution < -0.4 is 5.32 Å². The molecular formula is C18H18N4. The molecule has 4 nitrogen and oxygen atoms in total. The highest BCUT2D eigenvalue weighted by Gasteiger charge is 2.08. The predicted octanol–water partition coefficient (Wildman–Crippen LogP) is 4.21. The Morgan fingerprint density at radius 1 is 0.864 bits per heavy atom. The Balaban J connectivity index is 2.00. The smallest absolute Gasteiger partial charge is 0.180 e. The molecule has 0 saturated carbocycles. The number of aromatic nitrogens is 3. The summed E-state index contributed by atoms with van der Waals surface area (Å²) in [6.45, 7) is 6.14. The minimum absolute atomic E-state index is 0.634. The molecule has 0 saturated heterocycles. The van der Waals surface area contributed by atoms with Gasteiger partial charge in [0.15, 0.2) is 5.82 Å². The summed E-state index contributed by atoms with van der Waals surface area (Å²) in [5.41, 5.74) is 5.15. The van der Waals surface area contributed by atoms with Crippen LogP contribution in [-0.2, 0) is 0 Å². The van der Waals surface area contributed by atoms with Gasteiger partial charge in [0.05, 0.1) is 0 Å². The number of para-hydroxylation sites is 1. The zero-order valence-electron chi connectivity index (χ0n) is 13.0. The molecule has 22 heavy (non-hydrogen) atoms. The van der Waals surface area contributed by atoms with E-state index in [1.165, 1.54) is 11.1 Å². The minimum Gasteiger partial charge on any atom is -0.340 e. The van der Waals surface area contributed by atoms with E-state index in [-0.39, 0.29) is 0 Å². The van der Waals surface area contributed by atoms with Crippen molar-refractivity contribution < 1.29 is 0 Å². The van der Waals surface area contributed by atoms with Crippen LogP contribution in [0.15, 0.2) is 48.7 Å². The van der Waals surface area contributed by atoms with Gasteiger partial charge in [-0.05, 0) is 44.0 Å². The molecule has 110 valence electrons. The van der Waals surface area contributed by atoms with Gasteiger partial charge < -0.3 is 5.32 Å². The molecule has 0 bridgehead atoms. The van der Waals surface area contributed by atoms with Crippen molar-refractivity contribution in [3.8, 4) is 11.5 Å². The number of hydrogen-bond donors (Lipinski definition) is 1. The van der Waals surface area contributed by atoms with E-state index in [2.05, 4.69) is 52.3 Å². The Morgan fingerprint density at radius 2 is 1.64 bits per heavy atom. The van der Waals surface area contributed by atoms with Gasteiger partial charge in [-0.3, -0.25) is 4.98 Å². The molecule has 3 rings (SSSR count). The number of benzene rings is 1. The molecule has 0 aliphatic rings. The summed E-state index contributed by atoms with van der Waals surface area (Å²) >= 11 is 0. The highest BCUT2D eigenvalue weighted by molar-refractivity contribution is 5.65. The highest BCUT2D eigenvalue weighted by Crippen LogP contribution is 2.24. The van der Waals surface area contributed by atoms with Crippen LogP contribution in [0, 0.1) is 20.8 Å². The molecular weight excluding hydrogens is 272 g/mol. The van der Waals surface area contributed by atoms with E-state index in [1.54, 1.807) is 6.20 Å². The second-order valence-electron chi connectivity index (χ2n) is 5.32. The highest BCUT2D eigenvalue weighted by atomic mass is 15.0. The summed E-state index contributed by atoms with van der Waals surface area (Å²) in [4.78, 5) is 13.4. The zero-order chi connectivity index (χ0) is 15.5. The van der Waals surface area contributed by atoms with Gasteiger partial charge in [0.2, 0.25) is 0 Å². The van der Waals surface area contributed by atoms with Crippen molar-refractivity contribution in [2.45, 2.75) is 20.8 Å². The first kappa shape index (κ1) is 14.2. The lowest BCUT2D eigenvalue weighted by Crippen LogP contribution is -2.02. The fourth-order valence-electron chi connectivity index (χ4n) is 2.38. The van der Waals surface area contributed by atoms with Crippen molar-refractivity contribution >= 4 is 11.5 Å². The molecule has 0 atom stereocenters.